The van der Waals surface area contributed by atoms with E-state index in [-0.39, 0.29) is 23.6 Å². The fourth-order valence-electron chi connectivity index (χ4n) is 7.44. The smallest absolute Gasteiger partial charge is 0.243 e. The van der Waals surface area contributed by atoms with Crippen molar-refractivity contribution in [2.45, 2.75) is 63.7 Å². The van der Waals surface area contributed by atoms with Gasteiger partial charge < -0.3 is 25.3 Å². The maximum absolute atomic E-state index is 14.4. The molecule has 0 radical (unpaired) electrons. The van der Waals surface area contributed by atoms with E-state index in [1.807, 2.05) is 41.0 Å². The number of fused-ring (bicyclic) bond motifs is 1. The predicted octanol–water partition coefficient (Wildman–Crippen LogP) is 2.49. The van der Waals surface area contributed by atoms with Crippen LogP contribution < -0.4 is 10.6 Å². The SMILES string of the molecule is Cc1ccc(C[C@@H]2C[C@@H](C(=O)NCc3ccc4c(cnn4C)c3)N(C(=O)[C@@H]3NCCC[C@@H]3C(=O)N3CC[C@@H](N(C)C)C3)C2)cc1. The molecule has 3 saturated heterocycles. The molecule has 4 heterocycles. The molecule has 2 N–H and O–H groups in total. The molecule has 0 saturated carbocycles. The average Bonchev–Trinajstić information content (AvgIpc) is 3.79. The molecule has 3 fully saturated rings. The molecule has 3 amide bonds. The van der Waals surface area contributed by atoms with E-state index in [4.69, 9.17) is 0 Å². The summed E-state index contributed by atoms with van der Waals surface area (Å²) in [7, 11) is 6.01. The number of aromatic nitrogens is 2. The van der Waals surface area contributed by atoms with Crippen LogP contribution in [0.1, 0.15) is 42.4 Å². The number of hydrogen-bond acceptors (Lipinski definition) is 6. The summed E-state index contributed by atoms with van der Waals surface area (Å²) in [6.07, 6.45) is 5.69. The van der Waals surface area contributed by atoms with Crippen molar-refractivity contribution in [1.29, 1.82) is 0 Å². The number of benzene rings is 2. The van der Waals surface area contributed by atoms with Crippen LogP contribution in [-0.2, 0) is 34.4 Å². The lowest BCUT2D eigenvalue weighted by Gasteiger charge is -2.37. The molecule has 3 aromatic rings. The van der Waals surface area contributed by atoms with E-state index in [2.05, 4.69) is 65.9 Å². The van der Waals surface area contributed by atoms with Gasteiger partial charge in [-0.05, 0) is 88.8 Å². The number of aryl methyl sites for hydroxylation is 2. The van der Waals surface area contributed by atoms with Gasteiger partial charge in [-0.1, -0.05) is 35.9 Å². The zero-order valence-corrected chi connectivity index (χ0v) is 27.0. The van der Waals surface area contributed by atoms with Crippen molar-refractivity contribution in [3.63, 3.8) is 0 Å². The minimum absolute atomic E-state index is 0.0621. The minimum atomic E-state index is -0.619. The van der Waals surface area contributed by atoms with Crippen LogP contribution in [0, 0.1) is 18.8 Å². The van der Waals surface area contributed by atoms with Crippen LogP contribution in [0.15, 0.2) is 48.7 Å². The van der Waals surface area contributed by atoms with Gasteiger partial charge in [-0.15, -0.1) is 0 Å². The van der Waals surface area contributed by atoms with Crippen molar-refractivity contribution in [2.75, 3.05) is 40.3 Å². The molecular weight excluding hydrogens is 566 g/mol. The first-order valence-electron chi connectivity index (χ1n) is 16.4. The summed E-state index contributed by atoms with van der Waals surface area (Å²) < 4.78 is 1.83. The molecule has 3 aliphatic rings. The van der Waals surface area contributed by atoms with Crippen LogP contribution in [0.3, 0.4) is 0 Å². The molecular formula is C35H47N7O3. The van der Waals surface area contributed by atoms with E-state index in [1.54, 1.807) is 4.90 Å². The molecule has 5 atom stereocenters. The van der Waals surface area contributed by atoms with Crippen molar-refractivity contribution in [2.24, 2.45) is 18.9 Å². The minimum Gasteiger partial charge on any atom is -0.350 e. The third kappa shape index (κ3) is 6.77. The quantitative estimate of drug-likeness (QED) is 0.405. The van der Waals surface area contributed by atoms with Crippen LogP contribution in [-0.4, -0.2) is 101 Å². The molecule has 10 nitrogen and oxygen atoms in total. The van der Waals surface area contributed by atoms with E-state index >= 15 is 0 Å². The number of amides is 3. The third-order valence-corrected chi connectivity index (χ3v) is 10.1. The molecule has 10 heteroatoms. The Morgan fingerprint density at radius 3 is 2.56 bits per heavy atom. The molecule has 0 aliphatic carbocycles. The zero-order valence-electron chi connectivity index (χ0n) is 27.0. The fraction of sp³-hybridized carbons (Fsp3) is 0.543. The zero-order chi connectivity index (χ0) is 31.7. The normalized spacial score (nSPS) is 25.3. The van der Waals surface area contributed by atoms with Gasteiger partial charge in [-0.25, -0.2) is 0 Å². The second-order valence-electron chi connectivity index (χ2n) is 13.5. The molecule has 45 heavy (non-hydrogen) atoms. The second-order valence-corrected chi connectivity index (χ2v) is 13.5. The van der Waals surface area contributed by atoms with E-state index in [1.165, 1.54) is 11.1 Å². The maximum Gasteiger partial charge on any atom is 0.243 e. The van der Waals surface area contributed by atoms with Crippen molar-refractivity contribution in [3.8, 4) is 0 Å². The number of likely N-dealkylation sites (N-methyl/N-ethyl adjacent to an activating group) is 1. The first kappa shape index (κ1) is 31.2. The van der Waals surface area contributed by atoms with Gasteiger partial charge in [0, 0.05) is 44.7 Å². The summed E-state index contributed by atoms with van der Waals surface area (Å²) in [4.78, 5) is 47.9. The molecule has 2 aromatic carbocycles. The molecule has 6 rings (SSSR count). The Balaban J connectivity index is 1.19. The first-order chi connectivity index (χ1) is 21.7. The van der Waals surface area contributed by atoms with Crippen molar-refractivity contribution >= 4 is 28.6 Å². The van der Waals surface area contributed by atoms with E-state index < -0.39 is 18.0 Å². The van der Waals surface area contributed by atoms with Crippen LogP contribution in [0.25, 0.3) is 10.9 Å². The largest absolute Gasteiger partial charge is 0.350 e. The monoisotopic (exact) mass is 613 g/mol. The molecule has 0 unspecified atom stereocenters. The van der Waals surface area contributed by atoms with Gasteiger partial charge in [0.15, 0.2) is 0 Å². The highest BCUT2D eigenvalue weighted by Gasteiger charge is 2.46. The van der Waals surface area contributed by atoms with Crippen LogP contribution in [0.4, 0.5) is 0 Å². The van der Waals surface area contributed by atoms with Gasteiger partial charge in [-0.3, -0.25) is 19.1 Å². The standard InChI is InChI=1S/C35H47N7O3/c1-23-7-9-24(10-8-23)16-26-18-31(33(43)37-19-25-11-12-30-27(17-25)20-38-40(30)4)42(21-26)35(45)32-29(6-5-14-36-32)34(44)41-15-13-28(22-41)39(2)3/h7-12,17,20,26,28-29,31-32,36H,5-6,13-16,18-19,21-22H2,1-4H3,(H,37,43)/t26-,28-,29+,31+,32-/m1/s1. The summed E-state index contributed by atoms with van der Waals surface area (Å²) in [5.74, 6) is -0.477. The lowest BCUT2D eigenvalue weighted by Crippen LogP contribution is -2.59. The van der Waals surface area contributed by atoms with E-state index in [9.17, 15) is 14.4 Å². The number of carbonyl (C=O) groups excluding carboxylic acids is 3. The summed E-state index contributed by atoms with van der Waals surface area (Å²) in [6.45, 7) is 5.05. The van der Waals surface area contributed by atoms with E-state index in [0.717, 1.165) is 42.3 Å². The van der Waals surface area contributed by atoms with Crippen molar-refractivity contribution in [1.82, 2.24) is 35.1 Å². The Hall–Kier alpha value is -3.76. The van der Waals surface area contributed by atoms with Crippen molar-refractivity contribution in [3.05, 3.63) is 65.4 Å². The molecule has 3 aliphatic heterocycles. The van der Waals surface area contributed by atoms with Gasteiger partial charge in [0.25, 0.3) is 0 Å². The Morgan fingerprint density at radius 2 is 1.80 bits per heavy atom. The molecule has 0 bridgehead atoms. The Bertz CT molecular complexity index is 1530. The number of nitrogens with one attached hydrogen (secondary N) is 2. The highest BCUT2D eigenvalue weighted by molar-refractivity contribution is 5.94. The fourth-order valence-corrected chi connectivity index (χ4v) is 7.44. The number of rotatable bonds is 8. The Morgan fingerprint density at radius 1 is 1.02 bits per heavy atom. The topological polar surface area (TPSA) is 103 Å². The number of piperidine rings is 1. The number of likely N-dealkylation sites (tertiary alicyclic amines) is 2. The Kier molecular flexibility index (Phi) is 9.23. The lowest BCUT2D eigenvalue weighted by atomic mass is 9.88. The predicted molar refractivity (Wildman–Crippen MR) is 174 cm³/mol. The first-order valence-corrected chi connectivity index (χ1v) is 16.4. The summed E-state index contributed by atoms with van der Waals surface area (Å²) in [5, 5.41) is 11.9. The highest BCUT2D eigenvalue weighted by atomic mass is 16.2. The van der Waals surface area contributed by atoms with E-state index in [0.29, 0.717) is 45.1 Å². The van der Waals surface area contributed by atoms with Gasteiger partial charge >= 0.3 is 0 Å². The van der Waals surface area contributed by atoms with Gasteiger partial charge in [0.05, 0.1) is 23.7 Å². The summed E-state index contributed by atoms with van der Waals surface area (Å²) in [6, 6.07) is 13.7. The number of nitrogens with zero attached hydrogens (tertiary/aromatic N) is 5. The third-order valence-electron chi connectivity index (χ3n) is 10.1. The maximum atomic E-state index is 14.4. The Labute approximate surface area is 266 Å². The van der Waals surface area contributed by atoms with Gasteiger partial charge in [0.1, 0.15) is 6.04 Å². The van der Waals surface area contributed by atoms with Crippen LogP contribution >= 0.6 is 0 Å². The highest BCUT2D eigenvalue weighted by Crippen LogP contribution is 2.31. The molecule has 1 aromatic heterocycles. The van der Waals surface area contributed by atoms with Crippen LogP contribution in [0.2, 0.25) is 0 Å². The molecule has 240 valence electrons. The summed E-state index contributed by atoms with van der Waals surface area (Å²) in [5.41, 5.74) is 4.43. The van der Waals surface area contributed by atoms with Gasteiger partial charge in [-0.2, -0.15) is 5.10 Å². The lowest BCUT2D eigenvalue weighted by molar-refractivity contribution is -0.147. The van der Waals surface area contributed by atoms with Crippen molar-refractivity contribution < 1.29 is 14.4 Å². The average molecular weight is 614 g/mol. The molecule has 0 spiro atoms. The number of hydrogen-bond donors (Lipinski definition) is 2. The van der Waals surface area contributed by atoms with Crippen LogP contribution in [0.5, 0.6) is 0 Å². The number of carbonyl (C=O) groups is 3. The summed E-state index contributed by atoms with van der Waals surface area (Å²) >= 11 is 0. The van der Waals surface area contributed by atoms with Gasteiger partial charge in [0.2, 0.25) is 17.7 Å². The second kappa shape index (κ2) is 13.3.